The number of rotatable bonds is 8. The predicted octanol–water partition coefficient (Wildman–Crippen LogP) is 4.79. The van der Waals surface area contributed by atoms with Crippen LogP contribution in [-0.2, 0) is 16.4 Å². The average molecular weight is 531 g/mol. The second-order valence-electron chi connectivity index (χ2n) is 9.22. The summed E-state index contributed by atoms with van der Waals surface area (Å²) in [4.78, 5) is 19.8. The van der Waals surface area contributed by atoms with Gasteiger partial charge in [-0.25, -0.2) is 4.39 Å². The summed E-state index contributed by atoms with van der Waals surface area (Å²) >= 11 is 0. The van der Waals surface area contributed by atoms with Gasteiger partial charge in [0.05, 0.1) is 29.5 Å². The Morgan fingerprint density at radius 1 is 1.08 bits per heavy atom. The van der Waals surface area contributed by atoms with Crippen LogP contribution in [0.3, 0.4) is 0 Å². The summed E-state index contributed by atoms with van der Waals surface area (Å²) in [7, 11) is 3.38. The maximum atomic E-state index is 14.7. The fraction of sp³-hybridized carbons (Fsp3) is 0.357. The molecule has 2 aromatic carbocycles. The summed E-state index contributed by atoms with van der Waals surface area (Å²) in [6, 6.07) is 13.8. The number of alkyl halides is 3. The molecule has 1 amide bonds. The van der Waals surface area contributed by atoms with E-state index in [9.17, 15) is 22.4 Å². The third-order valence-electron chi connectivity index (χ3n) is 7.03. The molecule has 10 heteroatoms. The molecule has 38 heavy (non-hydrogen) atoms. The van der Waals surface area contributed by atoms with Gasteiger partial charge < -0.3 is 20.3 Å². The van der Waals surface area contributed by atoms with Gasteiger partial charge in [0.2, 0.25) is 5.91 Å². The van der Waals surface area contributed by atoms with Crippen LogP contribution in [0.5, 0.6) is 5.75 Å². The molecule has 0 spiro atoms. The van der Waals surface area contributed by atoms with E-state index in [1.165, 1.54) is 0 Å². The van der Waals surface area contributed by atoms with Crippen LogP contribution in [0.25, 0.3) is 11.3 Å². The van der Waals surface area contributed by atoms with Gasteiger partial charge in [-0.1, -0.05) is 18.2 Å². The number of para-hydroxylation sites is 1. The van der Waals surface area contributed by atoms with Crippen LogP contribution in [0, 0.1) is 5.82 Å². The first-order valence-electron chi connectivity index (χ1n) is 12.3. The molecule has 2 N–H and O–H groups in total. The number of aromatic nitrogens is 1. The minimum Gasteiger partial charge on any atom is -0.496 e. The number of piperidine rings is 1. The Morgan fingerprint density at radius 3 is 2.42 bits per heavy atom. The Labute approximate surface area is 219 Å². The lowest BCUT2D eigenvalue weighted by Crippen LogP contribution is -2.52. The highest BCUT2D eigenvalue weighted by molar-refractivity contribution is 5.88. The van der Waals surface area contributed by atoms with E-state index in [0.717, 1.165) is 23.3 Å². The van der Waals surface area contributed by atoms with E-state index < -0.39 is 23.0 Å². The second-order valence-corrected chi connectivity index (χ2v) is 9.22. The van der Waals surface area contributed by atoms with Gasteiger partial charge in [-0.2, -0.15) is 13.2 Å². The number of likely N-dealkylation sites (N-methyl/N-ethyl adjacent to an activating group) is 1. The van der Waals surface area contributed by atoms with Gasteiger partial charge in [0.15, 0.2) is 0 Å². The Bertz CT molecular complexity index is 1260. The maximum absolute atomic E-state index is 14.7. The molecule has 202 valence electrons. The number of hydrogen-bond donors (Lipinski definition) is 2. The third kappa shape index (κ3) is 5.60. The molecule has 0 aliphatic carbocycles. The summed E-state index contributed by atoms with van der Waals surface area (Å²) < 4.78 is 59.1. The number of nitrogens with zero attached hydrogens (tertiary/aromatic N) is 2. The molecule has 4 rings (SSSR count). The summed E-state index contributed by atoms with van der Waals surface area (Å²) in [6.07, 6.45) is -2.25. The van der Waals surface area contributed by atoms with Crippen molar-refractivity contribution in [2.45, 2.75) is 24.4 Å². The maximum Gasteiger partial charge on any atom is 0.416 e. The molecule has 1 aliphatic heterocycles. The Hall–Kier alpha value is -3.66. The number of halogens is 4. The van der Waals surface area contributed by atoms with Gasteiger partial charge >= 0.3 is 6.18 Å². The smallest absolute Gasteiger partial charge is 0.416 e. The Morgan fingerprint density at radius 2 is 1.82 bits per heavy atom. The molecule has 1 saturated heterocycles. The fourth-order valence-electron chi connectivity index (χ4n) is 4.88. The Balaban J connectivity index is 1.60. The quantitative estimate of drug-likeness (QED) is 0.324. The number of amides is 1. The molecule has 0 saturated carbocycles. The first-order valence-corrected chi connectivity index (χ1v) is 12.3. The van der Waals surface area contributed by atoms with Crippen molar-refractivity contribution in [2.75, 3.05) is 45.2 Å². The molecule has 0 bridgehead atoms. The standard InChI is InChI=1S/C28H30F4N4O2/c1-33-13-14-34-26(37)27(20-7-9-23(35-18-20)21-5-3-4-6-25(21)38-2)11-15-36(16-12-27)24-10-8-19(17-22(24)29)28(30,31)32/h3-10,17-18,33H,11-16H2,1-2H3,(H,34,37). The van der Waals surface area contributed by atoms with Crippen molar-refractivity contribution in [3.63, 3.8) is 0 Å². The first-order chi connectivity index (χ1) is 18.2. The number of hydrogen-bond acceptors (Lipinski definition) is 5. The monoisotopic (exact) mass is 530 g/mol. The van der Waals surface area contributed by atoms with Crippen molar-refractivity contribution in [1.82, 2.24) is 15.6 Å². The van der Waals surface area contributed by atoms with Crippen molar-refractivity contribution >= 4 is 11.6 Å². The molecule has 3 aromatic rings. The predicted molar refractivity (Wildman–Crippen MR) is 138 cm³/mol. The number of benzene rings is 2. The number of nitrogens with one attached hydrogen (secondary N) is 2. The lowest BCUT2D eigenvalue weighted by Gasteiger charge is -2.42. The second kappa shape index (κ2) is 11.4. The topological polar surface area (TPSA) is 66.5 Å². The average Bonchev–Trinajstić information content (AvgIpc) is 2.93. The van der Waals surface area contributed by atoms with E-state index >= 15 is 0 Å². The van der Waals surface area contributed by atoms with E-state index in [4.69, 9.17) is 4.74 Å². The van der Waals surface area contributed by atoms with Crippen molar-refractivity contribution in [3.05, 3.63) is 77.7 Å². The minimum absolute atomic E-state index is 0.0897. The third-order valence-corrected chi connectivity index (χ3v) is 7.03. The molecule has 0 radical (unpaired) electrons. The largest absolute Gasteiger partial charge is 0.496 e. The summed E-state index contributed by atoms with van der Waals surface area (Å²) in [6.45, 7) is 1.60. The van der Waals surface area contributed by atoms with Crippen LogP contribution in [0.1, 0.15) is 24.0 Å². The van der Waals surface area contributed by atoms with Gasteiger partial charge in [-0.05, 0) is 61.9 Å². The van der Waals surface area contributed by atoms with Crippen molar-refractivity contribution < 1.29 is 27.1 Å². The molecule has 1 aliphatic rings. The van der Waals surface area contributed by atoms with Gasteiger partial charge in [0.25, 0.3) is 0 Å². The first kappa shape index (κ1) is 27.4. The summed E-state index contributed by atoms with van der Waals surface area (Å²) in [5.74, 6) is -0.417. The van der Waals surface area contributed by atoms with Gasteiger partial charge in [0.1, 0.15) is 11.6 Å². The van der Waals surface area contributed by atoms with Crippen LogP contribution < -0.4 is 20.3 Å². The van der Waals surface area contributed by atoms with Crippen LogP contribution in [0.2, 0.25) is 0 Å². The van der Waals surface area contributed by atoms with E-state index in [1.807, 2.05) is 36.4 Å². The van der Waals surface area contributed by atoms with Crippen LogP contribution in [-0.4, -0.2) is 51.2 Å². The SMILES string of the molecule is CNCCNC(=O)C1(c2ccc(-c3ccccc3OC)nc2)CCN(c2ccc(C(F)(F)F)cc2F)CC1. The van der Waals surface area contributed by atoms with E-state index in [0.29, 0.717) is 43.4 Å². The molecule has 2 heterocycles. The molecular formula is C28H30F4N4O2. The van der Waals surface area contributed by atoms with Crippen molar-refractivity contribution in [3.8, 4) is 17.0 Å². The summed E-state index contributed by atoms with van der Waals surface area (Å²) in [5, 5.41) is 5.98. The lowest BCUT2D eigenvalue weighted by molar-refractivity contribution is -0.137. The van der Waals surface area contributed by atoms with Crippen LogP contribution in [0.4, 0.5) is 23.2 Å². The molecule has 0 unspecified atom stereocenters. The number of ether oxygens (including phenoxy) is 1. The number of carbonyl (C=O) groups excluding carboxylic acids is 1. The van der Waals surface area contributed by atoms with Gasteiger partial charge in [-0.3, -0.25) is 9.78 Å². The molecule has 0 atom stereocenters. The van der Waals surface area contributed by atoms with Crippen LogP contribution in [0.15, 0.2) is 60.8 Å². The Kier molecular flexibility index (Phi) is 8.20. The van der Waals surface area contributed by atoms with E-state index in [1.54, 1.807) is 25.3 Å². The van der Waals surface area contributed by atoms with Crippen molar-refractivity contribution in [2.24, 2.45) is 0 Å². The van der Waals surface area contributed by atoms with Gasteiger partial charge in [-0.15, -0.1) is 0 Å². The molecule has 1 fully saturated rings. The zero-order valence-corrected chi connectivity index (χ0v) is 21.2. The van der Waals surface area contributed by atoms with Crippen molar-refractivity contribution in [1.29, 1.82) is 0 Å². The highest BCUT2D eigenvalue weighted by atomic mass is 19.4. The lowest BCUT2D eigenvalue weighted by atomic mass is 9.72. The highest BCUT2D eigenvalue weighted by Gasteiger charge is 2.43. The molecular weight excluding hydrogens is 500 g/mol. The van der Waals surface area contributed by atoms with Gasteiger partial charge in [0, 0.05) is 37.9 Å². The highest BCUT2D eigenvalue weighted by Crippen LogP contribution is 2.39. The minimum atomic E-state index is -4.62. The van der Waals surface area contributed by atoms with E-state index in [-0.39, 0.29) is 24.7 Å². The molecule has 1 aromatic heterocycles. The number of carbonyl (C=O) groups is 1. The number of methoxy groups -OCH3 is 1. The summed E-state index contributed by atoms with van der Waals surface area (Å²) in [5.41, 5.74) is 0.384. The number of pyridine rings is 1. The zero-order chi connectivity index (χ0) is 27.3. The fourth-order valence-corrected chi connectivity index (χ4v) is 4.88. The zero-order valence-electron chi connectivity index (χ0n) is 21.2. The normalized spacial score (nSPS) is 15.3. The van der Waals surface area contributed by atoms with E-state index in [2.05, 4.69) is 15.6 Å². The molecule has 6 nitrogen and oxygen atoms in total. The van der Waals surface area contributed by atoms with Crippen LogP contribution >= 0.6 is 0 Å². The number of anilines is 1.